The van der Waals surface area contributed by atoms with Crippen LogP contribution in [0, 0.1) is 0 Å². The van der Waals surface area contributed by atoms with Gasteiger partial charge in [0.25, 0.3) is 5.91 Å². The van der Waals surface area contributed by atoms with E-state index in [-0.39, 0.29) is 12.2 Å². The predicted molar refractivity (Wildman–Crippen MR) is 102 cm³/mol. The van der Waals surface area contributed by atoms with Crippen molar-refractivity contribution in [3.63, 3.8) is 0 Å². The molecule has 1 amide bonds. The molecule has 28 heavy (non-hydrogen) atoms. The van der Waals surface area contributed by atoms with Crippen LogP contribution in [0.2, 0.25) is 0 Å². The molecule has 0 fully saturated rings. The Labute approximate surface area is 162 Å². The molecule has 0 aliphatic carbocycles. The molecule has 0 aliphatic rings. The third-order valence-electron chi connectivity index (χ3n) is 4.56. The first kappa shape index (κ1) is 21.7. The number of nitrogens with one attached hydrogen (secondary N) is 2. The lowest BCUT2D eigenvalue weighted by Gasteiger charge is -2.26. The fraction of sp³-hybridized carbons (Fsp3) is 0.474. The normalized spacial score (nSPS) is 11.7. The van der Waals surface area contributed by atoms with Crippen molar-refractivity contribution in [1.29, 1.82) is 0 Å². The van der Waals surface area contributed by atoms with Crippen LogP contribution in [0.4, 0.5) is 18.9 Å². The van der Waals surface area contributed by atoms with Crippen molar-refractivity contribution in [1.82, 2.24) is 20.0 Å². The second-order valence-corrected chi connectivity index (χ2v) is 6.37. The quantitative estimate of drug-likeness (QED) is 0.680. The Kier molecular flexibility index (Phi) is 7.45. The van der Waals surface area contributed by atoms with Crippen LogP contribution >= 0.6 is 0 Å². The molecule has 0 radical (unpaired) electrons. The van der Waals surface area contributed by atoms with E-state index < -0.39 is 17.8 Å². The zero-order chi connectivity index (χ0) is 20.7. The molecule has 1 heterocycles. The highest BCUT2D eigenvalue weighted by Gasteiger charge is 2.34. The predicted octanol–water partition coefficient (Wildman–Crippen LogP) is 3.45. The third kappa shape index (κ3) is 5.72. The Balaban J connectivity index is 2.23. The Bertz CT molecular complexity index is 771. The number of aromatic nitrogens is 2. The molecule has 1 aromatic heterocycles. The smallest absolute Gasteiger partial charge is 0.388 e. The molecule has 2 N–H and O–H groups in total. The highest BCUT2D eigenvalue weighted by molar-refractivity contribution is 5.92. The molecule has 0 saturated carbocycles. The van der Waals surface area contributed by atoms with Gasteiger partial charge in [0.1, 0.15) is 5.69 Å². The zero-order valence-electron chi connectivity index (χ0n) is 16.3. The highest BCUT2D eigenvalue weighted by Crippen LogP contribution is 2.28. The molecule has 6 nitrogen and oxygen atoms in total. The molecule has 2 rings (SSSR count). The van der Waals surface area contributed by atoms with Crippen molar-refractivity contribution in [3.8, 4) is 0 Å². The van der Waals surface area contributed by atoms with Crippen molar-refractivity contribution in [2.75, 3.05) is 38.5 Å². The van der Waals surface area contributed by atoms with E-state index in [9.17, 15) is 18.0 Å². The van der Waals surface area contributed by atoms with E-state index in [0.717, 1.165) is 30.4 Å². The number of carbonyl (C=O) groups excluding carboxylic acids is 1. The summed E-state index contributed by atoms with van der Waals surface area (Å²) in [6.45, 7) is 7.00. The maximum Gasteiger partial charge on any atom is 0.432 e. The average molecular weight is 397 g/mol. The minimum atomic E-state index is -4.57. The van der Waals surface area contributed by atoms with Crippen molar-refractivity contribution in [2.45, 2.75) is 26.6 Å². The molecule has 0 atom stereocenters. The molecule has 2 aromatic rings. The van der Waals surface area contributed by atoms with Crippen LogP contribution in [0.25, 0.3) is 0 Å². The second kappa shape index (κ2) is 9.59. The number of nitrogens with zero attached hydrogens (tertiary/aromatic N) is 3. The van der Waals surface area contributed by atoms with Gasteiger partial charge in [-0.1, -0.05) is 26.0 Å². The molecule has 0 unspecified atom stereocenters. The maximum atomic E-state index is 12.9. The van der Waals surface area contributed by atoms with Gasteiger partial charge < -0.3 is 15.1 Å². The van der Waals surface area contributed by atoms with Crippen molar-refractivity contribution >= 4 is 11.6 Å². The molecular weight excluding hydrogens is 371 g/mol. The monoisotopic (exact) mass is 397 g/mol. The van der Waals surface area contributed by atoms with Gasteiger partial charge in [-0.2, -0.15) is 18.3 Å². The zero-order valence-corrected chi connectivity index (χ0v) is 16.3. The summed E-state index contributed by atoms with van der Waals surface area (Å²) >= 11 is 0. The number of hydrogen-bond acceptors (Lipinski definition) is 4. The standard InChI is InChI=1S/C19H26F3N5O/c1-4-26(5-2)9-10-27(13-14-7-6-8-15(11-14)23-3)18(28)16-12-17(25-24-16)19(20,21)22/h6-8,11-12,23H,4-5,9-10,13H2,1-3H3,(H,24,25). The lowest BCUT2D eigenvalue weighted by molar-refractivity contribution is -0.141. The Morgan fingerprint density at radius 1 is 1.18 bits per heavy atom. The molecule has 0 bridgehead atoms. The number of rotatable bonds is 9. The topological polar surface area (TPSA) is 64.3 Å². The molecule has 154 valence electrons. The summed E-state index contributed by atoms with van der Waals surface area (Å²) in [6, 6.07) is 8.31. The fourth-order valence-electron chi connectivity index (χ4n) is 2.84. The van der Waals surface area contributed by atoms with E-state index in [0.29, 0.717) is 13.1 Å². The van der Waals surface area contributed by atoms with Gasteiger partial charge in [-0.15, -0.1) is 0 Å². The van der Waals surface area contributed by atoms with Crippen LogP contribution in [0.3, 0.4) is 0 Å². The number of hydrogen-bond donors (Lipinski definition) is 2. The van der Waals surface area contributed by atoms with Crippen LogP contribution in [-0.2, 0) is 12.7 Å². The number of likely N-dealkylation sites (N-methyl/N-ethyl adjacent to an activating group) is 1. The largest absolute Gasteiger partial charge is 0.432 e. The van der Waals surface area contributed by atoms with Crippen LogP contribution in [0.15, 0.2) is 30.3 Å². The number of aromatic amines is 1. The van der Waals surface area contributed by atoms with Crippen LogP contribution in [-0.4, -0.2) is 59.1 Å². The SMILES string of the molecule is CCN(CC)CCN(Cc1cccc(NC)c1)C(=O)c1cc(C(F)(F)F)[nH]n1. The number of H-pyrrole nitrogens is 1. The second-order valence-electron chi connectivity index (χ2n) is 6.37. The molecule has 9 heteroatoms. The number of alkyl halides is 3. The first-order valence-electron chi connectivity index (χ1n) is 9.19. The minimum Gasteiger partial charge on any atom is -0.388 e. The van der Waals surface area contributed by atoms with E-state index in [1.54, 1.807) is 7.05 Å². The van der Waals surface area contributed by atoms with E-state index >= 15 is 0 Å². The molecule has 0 spiro atoms. The van der Waals surface area contributed by atoms with Gasteiger partial charge in [0.05, 0.1) is 0 Å². The summed E-state index contributed by atoms with van der Waals surface area (Å²) in [6.07, 6.45) is -4.57. The Morgan fingerprint density at radius 2 is 1.89 bits per heavy atom. The summed E-state index contributed by atoms with van der Waals surface area (Å²) in [7, 11) is 1.80. The van der Waals surface area contributed by atoms with Crippen LogP contribution in [0.5, 0.6) is 0 Å². The number of halogens is 3. The Morgan fingerprint density at radius 3 is 2.46 bits per heavy atom. The van der Waals surface area contributed by atoms with Gasteiger partial charge in [0, 0.05) is 38.4 Å². The van der Waals surface area contributed by atoms with Gasteiger partial charge in [-0.3, -0.25) is 9.89 Å². The number of anilines is 1. The number of amides is 1. The molecule has 0 saturated heterocycles. The van der Waals surface area contributed by atoms with Gasteiger partial charge in [-0.05, 0) is 30.8 Å². The minimum absolute atomic E-state index is 0.239. The first-order chi connectivity index (χ1) is 13.3. The summed E-state index contributed by atoms with van der Waals surface area (Å²) < 4.78 is 38.5. The fourth-order valence-corrected chi connectivity index (χ4v) is 2.84. The maximum absolute atomic E-state index is 12.9. The summed E-state index contributed by atoms with van der Waals surface area (Å²) in [5.41, 5.74) is 0.507. The summed E-state index contributed by atoms with van der Waals surface area (Å²) in [4.78, 5) is 16.6. The van der Waals surface area contributed by atoms with Crippen molar-refractivity contribution in [3.05, 3.63) is 47.3 Å². The van der Waals surface area contributed by atoms with Crippen molar-refractivity contribution in [2.24, 2.45) is 0 Å². The van der Waals surface area contributed by atoms with Crippen LogP contribution in [0.1, 0.15) is 35.6 Å². The highest BCUT2D eigenvalue weighted by atomic mass is 19.4. The van der Waals surface area contributed by atoms with Gasteiger partial charge >= 0.3 is 6.18 Å². The van der Waals surface area contributed by atoms with E-state index in [4.69, 9.17) is 0 Å². The van der Waals surface area contributed by atoms with Gasteiger partial charge in [0.15, 0.2) is 5.69 Å². The third-order valence-corrected chi connectivity index (χ3v) is 4.56. The first-order valence-corrected chi connectivity index (χ1v) is 9.19. The number of carbonyl (C=O) groups is 1. The molecular formula is C19H26F3N5O. The van der Waals surface area contributed by atoms with Crippen LogP contribution < -0.4 is 5.32 Å². The lowest BCUT2D eigenvalue weighted by Crippen LogP contribution is -2.38. The van der Waals surface area contributed by atoms with E-state index in [1.165, 1.54) is 4.90 Å². The Hall–Kier alpha value is -2.55. The average Bonchev–Trinajstić information content (AvgIpc) is 3.18. The van der Waals surface area contributed by atoms with Gasteiger partial charge in [-0.25, -0.2) is 0 Å². The van der Waals surface area contributed by atoms with E-state index in [1.807, 2.05) is 43.2 Å². The van der Waals surface area contributed by atoms with Gasteiger partial charge in [0.2, 0.25) is 0 Å². The summed E-state index contributed by atoms with van der Waals surface area (Å²) in [5, 5.41) is 8.53. The van der Waals surface area contributed by atoms with Crippen molar-refractivity contribution < 1.29 is 18.0 Å². The van der Waals surface area contributed by atoms with E-state index in [2.05, 4.69) is 15.3 Å². The molecule has 1 aromatic carbocycles. The molecule has 0 aliphatic heterocycles. The number of benzene rings is 1. The summed E-state index contributed by atoms with van der Waals surface area (Å²) in [5.74, 6) is -0.534. The lowest BCUT2D eigenvalue weighted by atomic mass is 10.1.